The fourth-order valence-corrected chi connectivity index (χ4v) is 1.64. The predicted octanol–water partition coefficient (Wildman–Crippen LogP) is 0.502. The first kappa shape index (κ1) is 11.0. The van der Waals surface area contributed by atoms with Crippen LogP contribution in [0.4, 0.5) is 0 Å². The monoisotopic (exact) mass is 195 g/mol. The van der Waals surface area contributed by atoms with Gasteiger partial charge in [-0.25, -0.2) is 0 Å². The average molecular weight is 195 g/mol. The van der Waals surface area contributed by atoms with E-state index < -0.39 is 0 Å². The molecule has 0 bridgehead atoms. The van der Waals surface area contributed by atoms with Crippen molar-refractivity contribution in [1.82, 2.24) is 10.2 Å². The Hall–Kier alpha value is -1.08. The molecule has 1 aliphatic rings. The van der Waals surface area contributed by atoms with Crippen molar-refractivity contribution in [3.05, 3.63) is 0 Å². The van der Waals surface area contributed by atoms with Crippen LogP contribution in [-0.4, -0.2) is 37.0 Å². The maximum atomic E-state index is 11.6. The molecule has 1 heterocycles. The Morgan fingerprint density at radius 3 is 2.71 bits per heavy atom. The first-order valence-electron chi connectivity index (χ1n) is 5.20. The normalized spacial score (nSPS) is 16.4. The molecular weight excluding hydrogens is 178 g/mol. The summed E-state index contributed by atoms with van der Waals surface area (Å²) in [5, 5.41) is 11.2. The van der Waals surface area contributed by atoms with Crippen LogP contribution in [0.5, 0.6) is 0 Å². The van der Waals surface area contributed by atoms with E-state index in [-0.39, 0.29) is 5.91 Å². The minimum atomic E-state index is 0.218. The summed E-state index contributed by atoms with van der Waals surface area (Å²) in [6.07, 6.45) is 4.03. The Labute approximate surface area is 84.9 Å². The highest BCUT2D eigenvalue weighted by Crippen LogP contribution is 2.09. The minimum absolute atomic E-state index is 0.218. The van der Waals surface area contributed by atoms with Gasteiger partial charge in [0.15, 0.2) is 0 Å². The number of likely N-dealkylation sites (tertiary alicyclic amines) is 1. The van der Waals surface area contributed by atoms with Crippen LogP contribution in [-0.2, 0) is 4.79 Å². The predicted molar refractivity (Wildman–Crippen MR) is 53.5 cm³/mol. The molecule has 0 aromatic carbocycles. The van der Waals surface area contributed by atoms with E-state index in [9.17, 15) is 4.79 Å². The summed E-state index contributed by atoms with van der Waals surface area (Å²) in [6, 6.07) is 1.98. The van der Waals surface area contributed by atoms with E-state index in [1.165, 1.54) is 6.42 Å². The second kappa shape index (κ2) is 6.39. The summed E-state index contributed by atoms with van der Waals surface area (Å²) in [5.41, 5.74) is 0. The first-order valence-corrected chi connectivity index (χ1v) is 5.20. The number of nitrogens with one attached hydrogen (secondary N) is 1. The highest BCUT2D eigenvalue weighted by atomic mass is 16.2. The molecule has 78 valence electrons. The van der Waals surface area contributed by atoms with E-state index >= 15 is 0 Å². The number of carbonyl (C=O) groups is 1. The van der Waals surface area contributed by atoms with E-state index in [1.54, 1.807) is 0 Å². The third kappa shape index (κ3) is 3.75. The zero-order valence-corrected chi connectivity index (χ0v) is 8.46. The van der Waals surface area contributed by atoms with Gasteiger partial charge in [-0.15, -0.1) is 0 Å². The van der Waals surface area contributed by atoms with Crippen molar-refractivity contribution in [1.29, 1.82) is 5.26 Å². The van der Waals surface area contributed by atoms with Crippen molar-refractivity contribution in [2.75, 3.05) is 26.2 Å². The largest absolute Gasteiger partial charge is 0.343 e. The molecule has 1 amide bonds. The standard InChI is InChI=1S/C10H17N3O/c11-5-7-12-6-4-10(14)13-8-2-1-3-9-13/h12H,1-4,6-9H2. The van der Waals surface area contributed by atoms with Crippen LogP contribution < -0.4 is 5.32 Å². The van der Waals surface area contributed by atoms with Gasteiger partial charge >= 0.3 is 0 Å². The first-order chi connectivity index (χ1) is 6.84. The minimum Gasteiger partial charge on any atom is -0.343 e. The maximum Gasteiger partial charge on any atom is 0.223 e. The van der Waals surface area contributed by atoms with E-state index in [0.29, 0.717) is 19.5 Å². The third-order valence-corrected chi connectivity index (χ3v) is 2.43. The van der Waals surface area contributed by atoms with Gasteiger partial charge in [0.2, 0.25) is 5.91 Å². The van der Waals surface area contributed by atoms with Gasteiger partial charge in [-0.05, 0) is 19.3 Å². The fraction of sp³-hybridized carbons (Fsp3) is 0.800. The van der Waals surface area contributed by atoms with Crippen LogP contribution in [0.3, 0.4) is 0 Å². The summed E-state index contributed by atoms with van der Waals surface area (Å²) in [5.74, 6) is 0.218. The van der Waals surface area contributed by atoms with Crippen LogP contribution in [0.1, 0.15) is 25.7 Å². The average Bonchev–Trinajstić information content (AvgIpc) is 2.25. The molecule has 1 saturated heterocycles. The van der Waals surface area contributed by atoms with Crippen molar-refractivity contribution in [3.8, 4) is 6.07 Å². The van der Waals surface area contributed by atoms with Gasteiger partial charge < -0.3 is 10.2 Å². The lowest BCUT2D eigenvalue weighted by atomic mass is 10.1. The second-order valence-electron chi connectivity index (χ2n) is 3.53. The van der Waals surface area contributed by atoms with Crippen molar-refractivity contribution in [2.45, 2.75) is 25.7 Å². The molecular formula is C10H17N3O. The molecule has 4 heteroatoms. The van der Waals surface area contributed by atoms with Gasteiger partial charge in [0.05, 0.1) is 12.6 Å². The number of hydrogen-bond donors (Lipinski definition) is 1. The SMILES string of the molecule is N#CCNCCC(=O)N1CCCCC1. The van der Waals surface area contributed by atoms with Crippen molar-refractivity contribution in [3.63, 3.8) is 0 Å². The molecule has 4 nitrogen and oxygen atoms in total. The highest BCUT2D eigenvalue weighted by Gasteiger charge is 2.15. The Balaban J connectivity index is 2.11. The highest BCUT2D eigenvalue weighted by molar-refractivity contribution is 5.76. The lowest BCUT2D eigenvalue weighted by Gasteiger charge is -2.26. The molecule has 1 fully saturated rings. The van der Waals surface area contributed by atoms with E-state index in [2.05, 4.69) is 5.32 Å². The van der Waals surface area contributed by atoms with Gasteiger partial charge in [0.25, 0.3) is 0 Å². The van der Waals surface area contributed by atoms with Crippen molar-refractivity contribution in [2.24, 2.45) is 0 Å². The molecule has 14 heavy (non-hydrogen) atoms. The van der Waals surface area contributed by atoms with Crippen LogP contribution in [0.2, 0.25) is 0 Å². The Kier molecular flexibility index (Phi) is 5.02. The molecule has 0 aromatic rings. The van der Waals surface area contributed by atoms with Gasteiger partial charge in [0.1, 0.15) is 0 Å². The smallest absolute Gasteiger partial charge is 0.223 e. The number of rotatable bonds is 4. The molecule has 1 rings (SSSR count). The van der Waals surface area contributed by atoms with Crippen LogP contribution in [0, 0.1) is 11.3 Å². The Bertz CT molecular complexity index is 216. The number of hydrogen-bond acceptors (Lipinski definition) is 3. The molecule has 0 aliphatic carbocycles. The molecule has 0 radical (unpaired) electrons. The van der Waals surface area contributed by atoms with Crippen LogP contribution >= 0.6 is 0 Å². The van der Waals surface area contributed by atoms with Gasteiger partial charge in [-0.2, -0.15) is 5.26 Å². The van der Waals surface area contributed by atoms with E-state index in [4.69, 9.17) is 5.26 Å². The summed E-state index contributed by atoms with van der Waals surface area (Å²) in [6.45, 7) is 2.77. The summed E-state index contributed by atoms with van der Waals surface area (Å²) >= 11 is 0. The van der Waals surface area contributed by atoms with E-state index in [0.717, 1.165) is 25.9 Å². The lowest BCUT2D eigenvalue weighted by molar-refractivity contribution is -0.131. The lowest BCUT2D eigenvalue weighted by Crippen LogP contribution is -2.37. The Morgan fingerprint density at radius 1 is 1.36 bits per heavy atom. The molecule has 0 aromatic heterocycles. The maximum absolute atomic E-state index is 11.6. The quantitative estimate of drug-likeness (QED) is 0.525. The summed E-state index contributed by atoms with van der Waals surface area (Å²) in [4.78, 5) is 13.5. The zero-order chi connectivity index (χ0) is 10.2. The zero-order valence-electron chi connectivity index (χ0n) is 8.46. The van der Waals surface area contributed by atoms with Crippen LogP contribution in [0.15, 0.2) is 0 Å². The van der Waals surface area contributed by atoms with Crippen LogP contribution in [0.25, 0.3) is 0 Å². The van der Waals surface area contributed by atoms with Gasteiger partial charge in [0, 0.05) is 26.1 Å². The van der Waals surface area contributed by atoms with Crippen molar-refractivity contribution >= 4 is 5.91 Å². The van der Waals surface area contributed by atoms with Crippen molar-refractivity contribution < 1.29 is 4.79 Å². The van der Waals surface area contributed by atoms with Gasteiger partial charge in [-0.1, -0.05) is 0 Å². The number of amides is 1. The number of nitriles is 1. The summed E-state index contributed by atoms with van der Waals surface area (Å²) in [7, 11) is 0. The molecule has 0 atom stereocenters. The molecule has 1 N–H and O–H groups in total. The fourth-order valence-electron chi connectivity index (χ4n) is 1.64. The number of piperidine rings is 1. The van der Waals surface area contributed by atoms with Gasteiger partial charge in [-0.3, -0.25) is 4.79 Å². The topological polar surface area (TPSA) is 56.1 Å². The molecule has 0 unspecified atom stereocenters. The summed E-state index contributed by atoms with van der Waals surface area (Å²) < 4.78 is 0. The number of nitrogens with zero attached hydrogens (tertiary/aromatic N) is 2. The second-order valence-corrected chi connectivity index (χ2v) is 3.53. The Morgan fingerprint density at radius 2 is 2.07 bits per heavy atom. The third-order valence-electron chi connectivity index (χ3n) is 2.43. The molecule has 0 spiro atoms. The number of carbonyl (C=O) groups excluding carboxylic acids is 1. The molecule has 0 saturated carbocycles. The van der Waals surface area contributed by atoms with E-state index in [1.807, 2.05) is 11.0 Å². The molecule has 1 aliphatic heterocycles.